The summed E-state index contributed by atoms with van der Waals surface area (Å²) in [6, 6.07) is 5.79. The van der Waals surface area contributed by atoms with Gasteiger partial charge in [0, 0.05) is 11.8 Å². The summed E-state index contributed by atoms with van der Waals surface area (Å²) in [5.74, 6) is -0.702. The average molecular weight is 527 g/mol. The standard InChI is InChI=1S/C17H14ClF3N4O4S3/c1-30-8-29-11(26)7-25-13(12(18)14(23-25)17(19,20)21)16-22-15(24-31-16)9-4-3-5-10(6-9)32(2,27)28/h3-6H,7-8H2,1-2H3. The quantitative estimate of drug-likeness (QED) is 0.336. The van der Waals surface area contributed by atoms with Crippen molar-refractivity contribution in [2.75, 3.05) is 18.5 Å². The molecule has 0 aliphatic heterocycles. The number of aromatic nitrogens is 4. The second-order valence-corrected chi connectivity index (χ2v) is 10.3. The number of benzene rings is 1. The molecule has 0 saturated heterocycles. The van der Waals surface area contributed by atoms with Gasteiger partial charge in [0.2, 0.25) is 0 Å². The molecule has 172 valence electrons. The van der Waals surface area contributed by atoms with Crippen LogP contribution in [0.1, 0.15) is 5.69 Å². The summed E-state index contributed by atoms with van der Waals surface area (Å²) in [5, 5.41) is 2.68. The van der Waals surface area contributed by atoms with Gasteiger partial charge in [0.1, 0.15) is 23.2 Å². The zero-order chi connectivity index (χ0) is 23.7. The minimum absolute atomic E-state index is 0.0227. The van der Waals surface area contributed by atoms with Gasteiger partial charge in [-0.05, 0) is 29.9 Å². The molecule has 8 nitrogen and oxygen atoms in total. The van der Waals surface area contributed by atoms with Crippen molar-refractivity contribution in [1.29, 1.82) is 0 Å². The van der Waals surface area contributed by atoms with Crippen LogP contribution in [0.25, 0.3) is 22.1 Å². The van der Waals surface area contributed by atoms with Gasteiger partial charge < -0.3 is 4.74 Å². The van der Waals surface area contributed by atoms with E-state index in [1.54, 1.807) is 12.3 Å². The molecule has 0 fully saturated rings. The topological polar surface area (TPSA) is 104 Å². The monoisotopic (exact) mass is 526 g/mol. The van der Waals surface area contributed by atoms with E-state index in [4.69, 9.17) is 16.3 Å². The van der Waals surface area contributed by atoms with Crippen LogP contribution < -0.4 is 0 Å². The van der Waals surface area contributed by atoms with Crippen molar-refractivity contribution >= 4 is 50.7 Å². The van der Waals surface area contributed by atoms with Crippen molar-refractivity contribution in [2.24, 2.45) is 0 Å². The van der Waals surface area contributed by atoms with E-state index in [1.807, 2.05) is 0 Å². The molecule has 0 unspecified atom stereocenters. The normalized spacial score (nSPS) is 12.2. The van der Waals surface area contributed by atoms with Crippen LogP contribution in [0, 0.1) is 0 Å². The number of nitrogens with zero attached hydrogens (tertiary/aromatic N) is 4. The molecule has 1 aromatic carbocycles. The number of thioether (sulfide) groups is 1. The summed E-state index contributed by atoms with van der Waals surface area (Å²) >= 11 is 7.92. The number of carbonyl (C=O) groups is 1. The number of carbonyl (C=O) groups excluding carboxylic acids is 1. The summed E-state index contributed by atoms with van der Waals surface area (Å²) in [7, 11) is -3.49. The largest absolute Gasteiger partial charge is 0.453 e. The molecule has 3 rings (SSSR count). The van der Waals surface area contributed by atoms with Crippen molar-refractivity contribution in [1.82, 2.24) is 19.1 Å². The van der Waals surface area contributed by atoms with Crippen molar-refractivity contribution in [3.05, 3.63) is 35.0 Å². The van der Waals surface area contributed by atoms with Crippen molar-refractivity contribution < 1.29 is 31.1 Å². The lowest BCUT2D eigenvalue weighted by Crippen LogP contribution is -2.16. The highest BCUT2D eigenvalue weighted by Crippen LogP contribution is 2.40. The van der Waals surface area contributed by atoms with Crippen LogP contribution in [-0.4, -0.2) is 52.0 Å². The highest BCUT2D eigenvalue weighted by molar-refractivity contribution is 7.98. The molecule has 0 atom stereocenters. The first-order valence-corrected chi connectivity index (χ1v) is 13.0. The van der Waals surface area contributed by atoms with Gasteiger partial charge in [-0.1, -0.05) is 23.7 Å². The fourth-order valence-electron chi connectivity index (χ4n) is 2.54. The molecular formula is C17H14ClF3N4O4S3. The number of hydrogen-bond acceptors (Lipinski definition) is 9. The Kier molecular flexibility index (Phi) is 7.17. The number of alkyl halides is 3. The average Bonchev–Trinajstić information content (AvgIpc) is 3.30. The minimum atomic E-state index is -4.86. The van der Waals surface area contributed by atoms with Crippen LogP contribution in [-0.2, 0) is 32.1 Å². The number of ether oxygens (including phenoxy) is 1. The summed E-state index contributed by atoms with van der Waals surface area (Å²) < 4.78 is 73.4. The summed E-state index contributed by atoms with van der Waals surface area (Å²) in [6.07, 6.45) is -2.14. The maximum atomic E-state index is 13.4. The van der Waals surface area contributed by atoms with E-state index < -0.39 is 39.2 Å². The van der Waals surface area contributed by atoms with Gasteiger partial charge in [0.15, 0.2) is 26.4 Å². The van der Waals surface area contributed by atoms with Gasteiger partial charge >= 0.3 is 12.1 Å². The molecular weight excluding hydrogens is 513 g/mol. The lowest BCUT2D eigenvalue weighted by molar-refractivity contribution is -0.144. The van der Waals surface area contributed by atoms with E-state index in [9.17, 15) is 26.4 Å². The van der Waals surface area contributed by atoms with Crippen LogP contribution in [0.5, 0.6) is 0 Å². The molecule has 0 bridgehead atoms. The Labute approximate surface area is 193 Å². The third kappa shape index (κ3) is 5.42. The Morgan fingerprint density at radius 2 is 2.06 bits per heavy atom. The number of hydrogen-bond donors (Lipinski definition) is 0. The van der Waals surface area contributed by atoms with E-state index in [-0.39, 0.29) is 27.4 Å². The SMILES string of the molecule is CSCOC(=O)Cn1nc(C(F)(F)F)c(Cl)c1-c1nc(-c2cccc(S(C)(=O)=O)c2)ns1. The van der Waals surface area contributed by atoms with Gasteiger partial charge in [0.05, 0.1) is 4.90 Å². The minimum Gasteiger partial charge on any atom is -0.453 e. The predicted octanol–water partition coefficient (Wildman–Crippen LogP) is 4.01. The molecule has 0 N–H and O–H groups in total. The third-order valence-electron chi connectivity index (χ3n) is 3.93. The van der Waals surface area contributed by atoms with Gasteiger partial charge in [-0.2, -0.15) is 22.6 Å². The Morgan fingerprint density at radius 1 is 1.34 bits per heavy atom. The lowest BCUT2D eigenvalue weighted by atomic mass is 10.2. The van der Waals surface area contributed by atoms with Crippen LogP contribution >= 0.6 is 34.9 Å². The number of sulfone groups is 1. The van der Waals surface area contributed by atoms with Crippen molar-refractivity contribution in [3.63, 3.8) is 0 Å². The molecule has 0 amide bonds. The van der Waals surface area contributed by atoms with Gasteiger partial charge in [0.25, 0.3) is 0 Å². The third-order valence-corrected chi connectivity index (χ3v) is 6.47. The van der Waals surface area contributed by atoms with Crippen LogP contribution in [0.2, 0.25) is 5.02 Å². The van der Waals surface area contributed by atoms with Gasteiger partial charge in [-0.3, -0.25) is 4.79 Å². The predicted molar refractivity (Wildman–Crippen MR) is 114 cm³/mol. The van der Waals surface area contributed by atoms with E-state index in [2.05, 4.69) is 14.5 Å². The molecule has 0 radical (unpaired) electrons. The molecule has 0 aliphatic carbocycles. The number of halogens is 4. The van der Waals surface area contributed by atoms with Crippen LogP contribution in [0.4, 0.5) is 13.2 Å². The highest BCUT2D eigenvalue weighted by atomic mass is 35.5. The molecule has 0 spiro atoms. The van der Waals surface area contributed by atoms with E-state index in [0.717, 1.165) is 22.5 Å². The van der Waals surface area contributed by atoms with Gasteiger partial charge in [-0.25, -0.2) is 18.1 Å². The van der Waals surface area contributed by atoms with E-state index >= 15 is 0 Å². The van der Waals surface area contributed by atoms with Gasteiger partial charge in [-0.15, -0.1) is 11.8 Å². The van der Waals surface area contributed by atoms with Crippen LogP contribution in [0.15, 0.2) is 29.2 Å². The first-order valence-electron chi connectivity index (χ1n) is 8.54. The summed E-state index contributed by atoms with van der Waals surface area (Å²) in [4.78, 5) is 16.2. The molecule has 0 saturated carbocycles. The molecule has 2 aromatic heterocycles. The fourth-order valence-corrected chi connectivity index (χ4v) is 4.58. The first-order chi connectivity index (χ1) is 14.9. The molecule has 3 aromatic rings. The maximum Gasteiger partial charge on any atom is 0.436 e. The summed E-state index contributed by atoms with van der Waals surface area (Å²) in [5.41, 5.74) is -1.28. The highest BCUT2D eigenvalue weighted by Gasteiger charge is 2.40. The molecule has 2 heterocycles. The first kappa shape index (κ1) is 24.5. The second-order valence-electron chi connectivity index (χ2n) is 6.31. The van der Waals surface area contributed by atoms with Crippen molar-refractivity contribution in [3.8, 4) is 22.1 Å². The van der Waals surface area contributed by atoms with Crippen molar-refractivity contribution in [2.45, 2.75) is 17.6 Å². The smallest absolute Gasteiger partial charge is 0.436 e. The maximum absolute atomic E-state index is 13.4. The Balaban J connectivity index is 2.05. The molecule has 32 heavy (non-hydrogen) atoms. The summed E-state index contributed by atoms with van der Waals surface area (Å²) in [6.45, 7) is -0.621. The van der Waals surface area contributed by atoms with Crippen LogP contribution in [0.3, 0.4) is 0 Å². The fraction of sp³-hybridized carbons (Fsp3) is 0.294. The second kappa shape index (κ2) is 9.37. The van der Waals surface area contributed by atoms with E-state index in [0.29, 0.717) is 5.56 Å². The number of rotatable bonds is 7. The lowest BCUT2D eigenvalue weighted by Gasteiger charge is -2.05. The molecule has 0 aliphatic rings. The Bertz CT molecular complexity index is 1260. The Hall–Kier alpha value is -2.16. The Morgan fingerprint density at radius 3 is 2.69 bits per heavy atom. The number of esters is 1. The molecule has 15 heteroatoms. The van der Waals surface area contributed by atoms with E-state index in [1.165, 1.54) is 30.0 Å². The zero-order valence-electron chi connectivity index (χ0n) is 16.4. The zero-order valence-corrected chi connectivity index (χ0v) is 19.6.